The Balaban J connectivity index is 1.84. The fourth-order valence-corrected chi connectivity index (χ4v) is 4.57. The van der Waals surface area contributed by atoms with E-state index in [9.17, 15) is 31.1 Å². The summed E-state index contributed by atoms with van der Waals surface area (Å²) >= 11 is 0. The molecule has 2 saturated heterocycles. The number of nitrogens with one attached hydrogen (secondary N) is 2. The van der Waals surface area contributed by atoms with Gasteiger partial charge in [0.25, 0.3) is 0 Å². The lowest BCUT2D eigenvalue weighted by molar-refractivity contribution is -0.143. The molecule has 2 aliphatic heterocycles. The van der Waals surface area contributed by atoms with Crippen LogP contribution >= 0.6 is 0 Å². The summed E-state index contributed by atoms with van der Waals surface area (Å²) in [6, 6.07) is 1.47. The Morgan fingerprint density at radius 1 is 1.08 bits per heavy atom. The molecule has 2 aliphatic rings. The van der Waals surface area contributed by atoms with E-state index in [0.29, 0.717) is 49.9 Å². The average Bonchev–Trinajstić information content (AvgIpc) is 3.17. The van der Waals surface area contributed by atoms with Crippen LogP contribution in [0.5, 0.6) is 0 Å². The van der Waals surface area contributed by atoms with Crippen LogP contribution in [0.3, 0.4) is 0 Å². The van der Waals surface area contributed by atoms with E-state index in [2.05, 4.69) is 17.2 Å². The molecule has 3 rings (SSSR count). The largest absolute Gasteiger partial charge is 0.416 e. The van der Waals surface area contributed by atoms with Gasteiger partial charge in [-0.25, -0.2) is 0 Å². The number of carbonyl (C=O) groups excluding carboxylic acids is 1. The van der Waals surface area contributed by atoms with Crippen molar-refractivity contribution in [3.8, 4) is 0 Å². The van der Waals surface area contributed by atoms with Crippen molar-refractivity contribution < 1.29 is 35.9 Å². The summed E-state index contributed by atoms with van der Waals surface area (Å²) in [5, 5.41) is 6.43. The molecular weight excluding hydrogens is 486 g/mol. The summed E-state index contributed by atoms with van der Waals surface area (Å²) < 4.78 is 85.7. The normalized spacial score (nSPS) is 26.2. The Morgan fingerprint density at radius 2 is 1.72 bits per heavy atom. The molecule has 3 atom stereocenters. The Morgan fingerprint density at radius 3 is 2.19 bits per heavy atom. The fraction of sp³-hybridized carbons (Fsp3) is 0.500. The Bertz CT molecular complexity index is 1000. The lowest BCUT2D eigenvalue weighted by Gasteiger charge is -2.46. The summed E-state index contributed by atoms with van der Waals surface area (Å²) in [6.45, 7) is 7.82. The van der Waals surface area contributed by atoms with Gasteiger partial charge in [-0.15, -0.1) is 0 Å². The molecule has 0 unspecified atom stereocenters. The molecule has 0 radical (unpaired) electrons. The molecule has 0 aromatic heterocycles. The van der Waals surface area contributed by atoms with Gasteiger partial charge in [-0.2, -0.15) is 26.3 Å². The fourth-order valence-electron chi connectivity index (χ4n) is 4.57. The summed E-state index contributed by atoms with van der Waals surface area (Å²) in [4.78, 5) is 11.8. The molecule has 1 amide bonds. The maximum Gasteiger partial charge on any atom is 0.416 e. The van der Waals surface area contributed by atoms with Crippen LogP contribution in [-0.2, 0) is 21.9 Å². The quantitative estimate of drug-likeness (QED) is 0.332. The van der Waals surface area contributed by atoms with E-state index in [1.54, 1.807) is 12.2 Å². The van der Waals surface area contributed by atoms with Crippen LogP contribution in [0.1, 0.15) is 62.3 Å². The average molecular weight is 517 g/mol. The van der Waals surface area contributed by atoms with Gasteiger partial charge in [0, 0.05) is 13.0 Å². The molecular formula is C26H30F6N2O2. The number of rotatable bonds is 7. The van der Waals surface area contributed by atoms with Crippen LogP contribution in [0.25, 0.3) is 0 Å². The minimum atomic E-state index is -4.94. The lowest BCUT2D eigenvalue weighted by Crippen LogP contribution is -2.63. The molecule has 0 aliphatic carbocycles. The topological polar surface area (TPSA) is 50.4 Å². The first kappa shape index (κ1) is 28.0. The maximum absolute atomic E-state index is 13.3. The number of hydrogen-bond donors (Lipinski definition) is 2. The molecule has 0 bridgehead atoms. The smallest absolute Gasteiger partial charge is 0.372 e. The molecule has 2 N–H and O–H groups in total. The van der Waals surface area contributed by atoms with E-state index in [1.165, 1.54) is 6.92 Å². The van der Waals surface area contributed by atoms with Gasteiger partial charge in [0.05, 0.1) is 34.9 Å². The van der Waals surface area contributed by atoms with Crippen LogP contribution in [0.4, 0.5) is 26.3 Å². The van der Waals surface area contributed by atoms with Crippen molar-refractivity contribution in [3.63, 3.8) is 0 Å². The van der Waals surface area contributed by atoms with Gasteiger partial charge >= 0.3 is 12.4 Å². The van der Waals surface area contributed by atoms with Crippen molar-refractivity contribution in [1.29, 1.82) is 0 Å². The Labute approximate surface area is 206 Å². The zero-order chi connectivity index (χ0) is 26.8. The van der Waals surface area contributed by atoms with Gasteiger partial charge in [0.2, 0.25) is 5.91 Å². The minimum Gasteiger partial charge on any atom is -0.372 e. The molecule has 2 fully saturated rings. The van der Waals surface area contributed by atoms with Gasteiger partial charge in [0.15, 0.2) is 0 Å². The molecule has 10 heteroatoms. The van der Waals surface area contributed by atoms with Crippen LogP contribution in [0.15, 0.2) is 54.7 Å². The van der Waals surface area contributed by atoms with Gasteiger partial charge in [0.1, 0.15) is 0 Å². The van der Waals surface area contributed by atoms with E-state index in [-0.39, 0.29) is 29.7 Å². The van der Waals surface area contributed by atoms with Crippen molar-refractivity contribution in [3.05, 3.63) is 71.3 Å². The highest BCUT2D eigenvalue weighted by Crippen LogP contribution is 2.40. The van der Waals surface area contributed by atoms with Crippen LogP contribution < -0.4 is 10.6 Å². The second-order valence-corrected chi connectivity index (χ2v) is 9.47. The number of benzene rings is 1. The summed E-state index contributed by atoms with van der Waals surface area (Å²) in [5.41, 5.74) is -3.52. The first-order chi connectivity index (χ1) is 16.7. The third kappa shape index (κ3) is 6.39. The maximum atomic E-state index is 13.3. The van der Waals surface area contributed by atoms with Crippen molar-refractivity contribution in [2.45, 2.75) is 69.1 Å². The number of allylic oxidation sites excluding steroid dienone is 3. The lowest BCUT2D eigenvalue weighted by atomic mass is 9.76. The van der Waals surface area contributed by atoms with E-state index in [0.717, 1.165) is 0 Å². The third-order valence-electron chi connectivity index (χ3n) is 6.91. The predicted molar refractivity (Wildman–Crippen MR) is 124 cm³/mol. The SMILES string of the molecule is C=C(/C=C\C=C/C)[C@]1(CO[C@H](C)c2cc(C(F)(F)F)cc(C(F)(F)F)c2)CC[C@]2(CCC(=O)N2)CN1. The van der Waals surface area contributed by atoms with Crippen molar-refractivity contribution in [2.75, 3.05) is 13.2 Å². The highest BCUT2D eigenvalue weighted by molar-refractivity contribution is 5.79. The van der Waals surface area contributed by atoms with E-state index >= 15 is 0 Å². The first-order valence-electron chi connectivity index (χ1n) is 11.7. The second-order valence-electron chi connectivity index (χ2n) is 9.47. The molecule has 1 aromatic carbocycles. The van der Waals surface area contributed by atoms with Crippen molar-refractivity contribution in [2.24, 2.45) is 0 Å². The van der Waals surface area contributed by atoms with Crippen molar-refractivity contribution in [1.82, 2.24) is 10.6 Å². The first-order valence-corrected chi connectivity index (χ1v) is 11.7. The zero-order valence-corrected chi connectivity index (χ0v) is 20.2. The number of ether oxygens (including phenoxy) is 1. The highest BCUT2D eigenvalue weighted by atomic mass is 19.4. The molecule has 198 valence electrons. The minimum absolute atomic E-state index is 0.0222. The number of carbonyl (C=O) groups is 1. The number of hydrogen-bond acceptors (Lipinski definition) is 3. The number of amides is 1. The van der Waals surface area contributed by atoms with Gasteiger partial charge in [-0.05, 0) is 62.4 Å². The predicted octanol–water partition coefficient (Wildman–Crippen LogP) is 6.26. The van der Waals surface area contributed by atoms with E-state index < -0.39 is 35.1 Å². The monoisotopic (exact) mass is 516 g/mol. The van der Waals surface area contributed by atoms with Crippen LogP contribution in [-0.4, -0.2) is 30.1 Å². The number of halogens is 6. The molecule has 1 spiro atoms. The molecule has 1 aromatic rings. The zero-order valence-electron chi connectivity index (χ0n) is 20.2. The summed E-state index contributed by atoms with van der Waals surface area (Å²) in [5.74, 6) is -0.0222. The van der Waals surface area contributed by atoms with Crippen LogP contribution in [0.2, 0.25) is 0 Å². The molecule has 4 nitrogen and oxygen atoms in total. The van der Waals surface area contributed by atoms with Gasteiger partial charge < -0.3 is 15.4 Å². The number of alkyl halides is 6. The second kappa shape index (κ2) is 10.4. The van der Waals surface area contributed by atoms with Gasteiger partial charge in [-0.1, -0.05) is 30.9 Å². The van der Waals surface area contributed by atoms with Crippen LogP contribution in [0, 0.1) is 0 Å². The summed E-state index contributed by atoms with van der Waals surface area (Å²) in [6.07, 6.45) is -1.46. The van der Waals surface area contributed by atoms with Crippen molar-refractivity contribution >= 4 is 5.91 Å². The Hall–Kier alpha value is -2.59. The highest BCUT2D eigenvalue weighted by Gasteiger charge is 2.47. The van der Waals surface area contributed by atoms with E-state index in [4.69, 9.17) is 4.74 Å². The molecule has 0 saturated carbocycles. The third-order valence-corrected chi connectivity index (χ3v) is 6.91. The van der Waals surface area contributed by atoms with E-state index in [1.807, 2.05) is 19.1 Å². The number of piperidine rings is 1. The molecule has 2 heterocycles. The van der Waals surface area contributed by atoms with Gasteiger partial charge in [-0.3, -0.25) is 4.79 Å². The standard InChI is InChI=1S/C26H30F6N2O2/c1-4-5-6-7-17(2)24(11-10-23(15-33-24)9-8-22(35)34-23)16-36-18(3)19-12-20(25(27,28)29)14-21(13-19)26(30,31)32/h4-7,12-14,18,33H,2,8-11,15-16H2,1,3H3,(H,34,35)/b5-4-,7-6-/t18-,23-,24-/m1/s1. The molecule has 36 heavy (non-hydrogen) atoms. The Kier molecular flexibility index (Phi) is 8.10. The summed E-state index contributed by atoms with van der Waals surface area (Å²) in [7, 11) is 0.